The number of epoxide rings is 1. The number of carbonyl (C=O) groups is 3. The minimum Gasteiger partial charge on any atom is -0.472 e. The maximum atomic E-state index is 13.0. The molecule has 4 aliphatic rings. The van der Waals surface area contributed by atoms with Gasteiger partial charge in [0.1, 0.15) is 42.2 Å². The van der Waals surface area contributed by atoms with Gasteiger partial charge in [-0.2, -0.15) is 0 Å². The van der Waals surface area contributed by atoms with Crippen molar-refractivity contribution in [1.29, 1.82) is 0 Å². The van der Waals surface area contributed by atoms with E-state index in [2.05, 4.69) is 0 Å². The molecule has 3 aliphatic heterocycles. The number of rotatable bonds is 9. The highest BCUT2D eigenvalue weighted by Crippen LogP contribution is 2.62. The predicted molar refractivity (Wildman–Crippen MR) is 166 cm³/mol. The third-order valence-corrected chi connectivity index (χ3v) is 9.35. The minimum absolute atomic E-state index is 0.163. The molecule has 0 amide bonds. The summed E-state index contributed by atoms with van der Waals surface area (Å²) in [4.78, 5) is 38.7. The van der Waals surface area contributed by atoms with Crippen LogP contribution in [0.1, 0.15) is 38.0 Å². The monoisotopic (exact) mass is 674 g/mol. The molecule has 49 heavy (non-hydrogen) atoms. The molecule has 1 unspecified atom stereocenters. The molecule has 13 heteroatoms. The lowest BCUT2D eigenvalue weighted by molar-refractivity contribution is -0.349. The number of hydrogen-bond donors (Lipinski definition) is 3. The van der Waals surface area contributed by atoms with Gasteiger partial charge in [-0.25, -0.2) is 14.4 Å². The van der Waals surface area contributed by atoms with Gasteiger partial charge < -0.3 is 48.5 Å². The second kappa shape index (κ2) is 13.0. The summed E-state index contributed by atoms with van der Waals surface area (Å²) < 4.78 is 40.6. The van der Waals surface area contributed by atoms with Gasteiger partial charge in [-0.3, -0.25) is 0 Å². The van der Waals surface area contributed by atoms with Crippen LogP contribution in [0.4, 0.5) is 0 Å². The van der Waals surface area contributed by atoms with E-state index in [1.54, 1.807) is 85.8 Å². The molecule has 1 saturated carbocycles. The molecule has 0 bridgehead atoms. The normalized spacial score (nSPS) is 35.6. The molecule has 0 aromatic heterocycles. The lowest BCUT2D eigenvalue weighted by Crippen LogP contribution is -2.63. The molecule has 11 atom stereocenters. The third kappa shape index (κ3) is 6.09. The highest BCUT2D eigenvalue weighted by molar-refractivity contribution is 5.90. The maximum absolute atomic E-state index is 13.0. The van der Waals surface area contributed by atoms with E-state index in [-0.39, 0.29) is 16.7 Å². The first-order chi connectivity index (χ1) is 23.6. The molecule has 0 spiro atoms. The van der Waals surface area contributed by atoms with Crippen molar-refractivity contribution >= 4 is 17.9 Å². The minimum atomic E-state index is -1.81. The van der Waals surface area contributed by atoms with E-state index < -0.39 is 90.8 Å². The second-order valence-electron chi connectivity index (χ2n) is 12.4. The van der Waals surface area contributed by atoms with Gasteiger partial charge in [-0.1, -0.05) is 54.6 Å². The van der Waals surface area contributed by atoms with Gasteiger partial charge in [-0.15, -0.1) is 0 Å². The lowest BCUT2D eigenvalue weighted by atomic mass is 9.82. The summed E-state index contributed by atoms with van der Waals surface area (Å²) in [6, 6.07) is 24.4. The van der Waals surface area contributed by atoms with Crippen molar-refractivity contribution in [3.8, 4) is 0 Å². The summed E-state index contributed by atoms with van der Waals surface area (Å²) in [5.74, 6) is -3.19. The summed E-state index contributed by atoms with van der Waals surface area (Å²) >= 11 is 0. The molecular weight excluding hydrogens is 640 g/mol. The molecule has 2 saturated heterocycles. The first kappa shape index (κ1) is 32.9. The zero-order valence-electron chi connectivity index (χ0n) is 26.1. The number of hydrogen-bond acceptors (Lipinski definition) is 13. The Balaban J connectivity index is 1.12. The molecule has 256 valence electrons. The van der Waals surface area contributed by atoms with Gasteiger partial charge >= 0.3 is 17.9 Å². The Labute approximate surface area is 280 Å². The Morgan fingerprint density at radius 2 is 1.31 bits per heavy atom. The van der Waals surface area contributed by atoms with Gasteiger partial charge in [0.15, 0.2) is 18.5 Å². The fourth-order valence-corrected chi connectivity index (χ4v) is 6.75. The summed E-state index contributed by atoms with van der Waals surface area (Å²) in [5, 5.41) is 34.6. The van der Waals surface area contributed by atoms with Gasteiger partial charge in [0.05, 0.1) is 28.9 Å². The smallest absolute Gasteiger partial charge is 0.338 e. The summed E-state index contributed by atoms with van der Waals surface area (Å²) in [6.45, 7) is 1.21. The fraction of sp³-hybridized carbons (Fsp3) is 0.361. The quantitative estimate of drug-likeness (QED) is 0.171. The highest BCUT2D eigenvalue weighted by Gasteiger charge is 2.81. The average Bonchev–Trinajstić information content (AvgIpc) is 3.75. The number of fused-ring (bicyclic) bond motifs is 3. The fourth-order valence-electron chi connectivity index (χ4n) is 6.75. The average molecular weight is 675 g/mol. The van der Waals surface area contributed by atoms with Crippen LogP contribution in [0.2, 0.25) is 0 Å². The molecule has 13 nitrogen and oxygen atoms in total. The second-order valence-corrected chi connectivity index (χ2v) is 12.4. The highest BCUT2D eigenvalue weighted by atomic mass is 16.8. The Morgan fingerprint density at radius 1 is 0.755 bits per heavy atom. The van der Waals surface area contributed by atoms with Crippen LogP contribution in [0.15, 0.2) is 103 Å². The summed E-state index contributed by atoms with van der Waals surface area (Å²) in [6.07, 6.45) is -8.65. The van der Waals surface area contributed by atoms with Crippen LogP contribution >= 0.6 is 0 Å². The molecular formula is C36H34O13. The maximum Gasteiger partial charge on any atom is 0.338 e. The van der Waals surface area contributed by atoms with Gasteiger partial charge in [-0.05, 0) is 49.4 Å². The van der Waals surface area contributed by atoms with Crippen LogP contribution in [0, 0.1) is 5.92 Å². The van der Waals surface area contributed by atoms with Crippen molar-refractivity contribution < 1.29 is 62.9 Å². The number of benzene rings is 3. The molecule has 0 radical (unpaired) electrons. The van der Waals surface area contributed by atoms with E-state index in [1.165, 1.54) is 24.5 Å². The summed E-state index contributed by atoms with van der Waals surface area (Å²) in [7, 11) is 0. The SMILES string of the molecule is C[C@]12O[C@H]1[C@@H](OC(=O)c1ccccc1)[C@]1(O)C=CO[C@@H](O[C@@H]3O[C@H](COC(=O)c4ccccc4)[C@@H](O)[C@H](OC(=O)c4ccccc4)[C@H]3O)C12. The van der Waals surface area contributed by atoms with Crippen molar-refractivity contribution in [2.24, 2.45) is 5.92 Å². The number of aliphatic hydroxyl groups is 3. The molecule has 3 fully saturated rings. The number of carbonyl (C=O) groups excluding carboxylic acids is 3. The molecule has 1 aliphatic carbocycles. The zero-order chi connectivity index (χ0) is 34.3. The van der Waals surface area contributed by atoms with E-state index in [0.29, 0.717) is 0 Å². The lowest BCUT2D eigenvalue weighted by Gasteiger charge is -2.45. The largest absolute Gasteiger partial charge is 0.472 e. The van der Waals surface area contributed by atoms with E-state index in [4.69, 9.17) is 33.2 Å². The van der Waals surface area contributed by atoms with Crippen LogP contribution < -0.4 is 0 Å². The van der Waals surface area contributed by atoms with Gasteiger partial charge in [0, 0.05) is 0 Å². The Kier molecular flexibility index (Phi) is 8.73. The van der Waals surface area contributed by atoms with E-state index in [0.717, 1.165) is 0 Å². The Bertz CT molecular complexity index is 1700. The number of ether oxygens (including phenoxy) is 7. The standard InChI is InChI=1S/C36H34O13/c1-35-27-34(43-18-17-36(27,42)29(28(35)49-35)47-32(41)22-15-9-4-10-16-22)48-33-25(38)26(46-31(40)21-13-7-3-8-14-21)24(37)23(45-33)19-44-30(39)20-11-5-2-6-12-20/h2-18,23-29,33-34,37-38,42H,19H2,1H3/t23-,24-,25-,26+,27?,28+,29-,33+,34+,35-,36+/m1/s1. The molecule has 3 aromatic rings. The van der Waals surface area contributed by atoms with Crippen molar-refractivity contribution in [2.75, 3.05) is 6.61 Å². The number of aliphatic hydroxyl groups excluding tert-OH is 2. The molecule has 3 heterocycles. The number of esters is 3. The van der Waals surface area contributed by atoms with Crippen molar-refractivity contribution in [3.63, 3.8) is 0 Å². The molecule has 3 aromatic carbocycles. The van der Waals surface area contributed by atoms with Crippen molar-refractivity contribution in [2.45, 2.75) is 67.3 Å². The Hall–Kier alpha value is -4.63. The van der Waals surface area contributed by atoms with Crippen molar-refractivity contribution in [1.82, 2.24) is 0 Å². The molecule has 7 rings (SSSR count). The van der Waals surface area contributed by atoms with Crippen LogP contribution in [0.5, 0.6) is 0 Å². The topological polar surface area (TPSA) is 180 Å². The van der Waals surface area contributed by atoms with Gasteiger partial charge in [0.2, 0.25) is 6.29 Å². The van der Waals surface area contributed by atoms with Crippen LogP contribution in [-0.4, -0.2) is 100 Å². The van der Waals surface area contributed by atoms with E-state index >= 15 is 0 Å². The predicted octanol–water partition coefficient (Wildman–Crippen LogP) is 2.15. The van der Waals surface area contributed by atoms with E-state index in [1.807, 2.05) is 0 Å². The van der Waals surface area contributed by atoms with Crippen LogP contribution in [-0.2, 0) is 33.2 Å². The Morgan fingerprint density at radius 3 is 1.90 bits per heavy atom. The van der Waals surface area contributed by atoms with Gasteiger partial charge in [0.25, 0.3) is 0 Å². The van der Waals surface area contributed by atoms with Crippen LogP contribution in [0.25, 0.3) is 0 Å². The summed E-state index contributed by atoms with van der Waals surface area (Å²) in [5.41, 5.74) is -2.18. The van der Waals surface area contributed by atoms with Crippen molar-refractivity contribution in [3.05, 3.63) is 120 Å². The molecule has 3 N–H and O–H groups in total. The van der Waals surface area contributed by atoms with Crippen LogP contribution in [0.3, 0.4) is 0 Å². The zero-order valence-corrected chi connectivity index (χ0v) is 26.1. The first-order valence-corrected chi connectivity index (χ1v) is 15.7. The third-order valence-electron chi connectivity index (χ3n) is 9.35. The van der Waals surface area contributed by atoms with E-state index in [9.17, 15) is 29.7 Å². The first-order valence-electron chi connectivity index (χ1n) is 15.7.